The number of rotatable bonds is 3. The van der Waals surface area contributed by atoms with Crippen LogP contribution in [0.3, 0.4) is 0 Å². The monoisotopic (exact) mass is 273 g/mol. The fourth-order valence-electron chi connectivity index (χ4n) is 1.79. The molecule has 3 nitrogen and oxygen atoms in total. The van der Waals surface area contributed by atoms with Crippen LogP contribution < -0.4 is 5.73 Å². The van der Waals surface area contributed by atoms with Crippen LogP contribution in [0.1, 0.15) is 5.56 Å². The number of benzene rings is 1. The van der Waals surface area contributed by atoms with Crippen molar-refractivity contribution >= 4 is 39.7 Å². The predicted octanol–water partition coefficient (Wildman–Crippen LogP) is 3.57. The lowest BCUT2D eigenvalue weighted by Gasteiger charge is -2.06. The SMILES string of the molecule is Nc1ccc(CSc2nccs2)c2ncccc12. The van der Waals surface area contributed by atoms with E-state index in [1.165, 1.54) is 5.56 Å². The minimum atomic E-state index is 0.779. The van der Waals surface area contributed by atoms with Crippen LogP contribution in [0.25, 0.3) is 10.9 Å². The van der Waals surface area contributed by atoms with Crippen molar-refractivity contribution in [1.82, 2.24) is 9.97 Å². The first kappa shape index (κ1) is 11.5. The third-order valence-electron chi connectivity index (χ3n) is 2.65. The van der Waals surface area contributed by atoms with Gasteiger partial charge in [-0.15, -0.1) is 11.3 Å². The van der Waals surface area contributed by atoms with Gasteiger partial charge in [-0.25, -0.2) is 4.98 Å². The molecule has 0 fully saturated rings. The Kier molecular flexibility index (Phi) is 3.17. The molecule has 5 heteroatoms. The molecule has 2 aromatic heterocycles. The molecule has 3 aromatic rings. The molecule has 2 N–H and O–H groups in total. The van der Waals surface area contributed by atoms with E-state index in [-0.39, 0.29) is 0 Å². The first-order valence-corrected chi connectivity index (χ1v) is 7.35. The van der Waals surface area contributed by atoms with Crippen LogP contribution in [-0.2, 0) is 5.75 Å². The van der Waals surface area contributed by atoms with Gasteiger partial charge in [0.25, 0.3) is 0 Å². The van der Waals surface area contributed by atoms with Gasteiger partial charge in [0.05, 0.1) is 5.52 Å². The normalized spacial score (nSPS) is 10.9. The Labute approximate surface area is 113 Å². The summed E-state index contributed by atoms with van der Waals surface area (Å²) in [6.07, 6.45) is 3.63. The zero-order valence-electron chi connectivity index (χ0n) is 9.54. The Hall–Kier alpha value is -1.59. The van der Waals surface area contributed by atoms with Crippen molar-refractivity contribution in [2.24, 2.45) is 0 Å². The highest BCUT2D eigenvalue weighted by Crippen LogP contribution is 2.29. The van der Waals surface area contributed by atoms with E-state index >= 15 is 0 Å². The quantitative estimate of drug-likeness (QED) is 0.585. The van der Waals surface area contributed by atoms with Crippen LogP contribution in [0.5, 0.6) is 0 Å². The Morgan fingerprint density at radius 2 is 2.11 bits per heavy atom. The molecule has 1 aromatic carbocycles. The Balaban J connectivity index is 1.94. The van der Waals surface area contributed by atoms with Crippen LogP contribution in [0.15, 0.2) is 46.4 Å². The van der Waals surface area contributed by atoms with Gasteiger partial charge in [0.2, 0.25) is 0 Å². The number of fused-ring (bicyclic) bond motifs is 1. The van der Waals surface area contributed by atoms with Gasteiger partial charge in [0.15, 0.2) is 0 Å². The molecule has 0 saturated carbocycles. The first-order valence-electron chi connectivity index (χ1n) is 5.49. The van der Waals surface area contributed by atoms with E-state index in [9.17, 15) is 0 Å². The summed E-state index contributed by atoms with van der Waals surface area (Å²) >= 11 is 3.38. The highest BCUT2D eigenvalue weighted by Gasteiger charge is 2.06. The van der Waals surface area contributed by atoms with E-state index in [0.29, 0.717) is 0 Å². The Morgan fingerprint density at radius 3 is 2.94 bits per heavy atom. The molecular formula is C13H11N3S2. The van der Waals surface area contributed by atoms with Crippen molar-refractivity contribution in [3.63, 3.8) is 0 Å². The number of nitrogens with two attached hydrogens (primary N) is 1. The molecule has 0 radical (unpaired) electrons. The highest BCUT2D eigenvalue weighted by atomic mass is 32.2. The second-order valence-electron chi connectivity index (χ2n) is 3.80. The van der Waals surface area contributed by atoms with E-state index in [1.54, 1.807) is 29.3 Å². The minimum Gasteiger partial charge on any atom is -0.398 e. The maximum absolute atomic E-state index is 5.96. The van der Waals surface area contributed by atoms with Gasteiger partial charge in [-0.1, -0.05) is 17.8 Å². The van der Waals surface area contributed by atoms with E-state index in [4.69, 9.17) is 5.73 Å². The second-order valence-corrected chi connectivity index (χ2v) is 5.92. The average molecular weight is 273 g/mol. The van der Waals surface area contributed by atoms with Crippen molar-refractivity contribution in [2.75, 3.05) is 5.73 Å². The van der Waals surface area contributed by atoms with Crippen LogP contribution in [0, 0.1) is 0 Å². The van der Waals surface area contributed by atoms with Gasteiger partial charge >= 0.3 is 0 Å². The number of aromatic nitrogens is 2. The smallest absolute Gasteiger partial charge is 0.150 e. The lowest BCUT2D eigenvalue weighted by Crippen LogP contribution is -1.92. The van der Waals surface area contributed by atoms with E-state index in [0.717, 1.165) is 26.7 Å². The number of nitrogen functional groups attached to an aromatic ring is 1. The summed E-state index contributed by atoms with van der Waals surface area (Å²) in [6.45, 7) is 0. The molecule has 0 aliphatic heterocycles. The van der Waals surface area contributed by atoms with Gasteiger partial charge in [-0.2, -0.15) is 0 Å². The zero-order chi connectivity index (χ0) is 12.4. The fraction of sp³-hybridized carbons (Fsp3) is 0.0769. The van der Waals surface area contributed by atoms with Crippen molar-refractivity contribution < 1.29 is 0 Å². The molecular weight excluding hydrogens is 262 g/mol. The number of anilines is 1. The first-order chi connectivity index (χ1) is 8.84. The van der Waals surface area contributed by atoms with Crippen LogP contribution in [0.2, 0.25) is 0 Å². The topological polar surface area (TPSA) is 51.8 Å². The molecule has 0 atom stereocenters. The number of thioether (sulfide) groups is 1. The summed E-state index contributed by atoms with van der Waals surface area (Å²) in [5.74, 6) is 0.862. The third kappa shape index (κ3) is 2.19. The molecule has 0 amide bonds. The lowest BCUT2D eigenvalue weighted by molar-refractivity contribution is 1.24. The molecule has 90 valence electrons. The molecule has 0 aliphatic carbocycles. The maximum atomic E-state index is 5.96. The van der Waals surface area contributed by atoms with Gasteiger partial charge < -0.3 is 5.73 Å². The van der Waals surface area contributed by atoms with Gasteiger partial charge in [-0.05, 0) is 23.8 Å². The minimum absolute atomic E-state index is 0.779. The Bertz CT molecular complexity index is 665. The summed E-state index contributed by atoms with van der Waals surface area (Å²) in [5.41, 5.74) is 8.92. The van der Waals surface area contributed by atoms with Crippen molar-refractivity contribution in [2.45, 2.75) is 10.1 Å². The van der Waals surface area contributed by atoms with E-state index < -0.39 is 0 Å². The number of hydrogen-bond acceptors (Lipinski definition) is 5. The predicted molar refractivity (Wildman–Crippen MR) is 77.8 cm³/mol. The maximum Gasteiger partial charge on any atom is 0.150 e. The molecule has 18 heavy (non-hydrogen) atoms. The van der Waals surface area contributed by atoms with Gasteiger partial charge in [-0.3, -0.25) is 4.98 Å². The van der Waals surface area contributed by atoms with Gasteiger partial charge in [0.1, 0.15) is 4.34 Å². The average Bonchev–Trinajstić information content (AvgIpc) is 2.92. The van der Waals surface area contributed by atoms with E-state index in [2.05, 4.69) is 9.97 Å². The summed E-state index contributed by atoms with van der Waals surface area (Å²) in [6, 6.07) is 7.92. The van der Waals surface area contributed by atoms with Crippen LogP contribution >= 0.6 is 23.1 Å². The Morgan fingerprint density at radius 1 is 1.17 bits per heavy atom. The molecule has 0 saturated heterocycles. The van der Waals surface area contributed by atoms with E-state index in [1.807, 2.05) is 35.8 Å². The molecule has 0 bridgehead atoms. The fourth-order valence-corrected chi connectivity index (χ4v) is 3.41. The summed E-state index contributed by atoms with van der Waals surface area (Å²) in [4.78, 5) is 8.70. The summed E-state index contributed by atoms with van der Waals surface area (Å²) < 4.78 is 1.08. The zero-order valence-corrected chi connectivity index (χ0v) is 11.2. The highest BCUT2D eigenvalue weighted by molar-refractivity contribution is 8.00. The molecule has 0 spiro atoms. The molecule has 0 unspecified atom stereocenters. The number of thiazole rings is 1. The summed E-state index contributed by atoms with van der Waals surface area (Å²) in [7, 11) is 0. The van der Waals surface area contributed by atoms with Crippen LogP contribution in [0.4, 0.5) is 5.69 Å². The largest absolute Gasteiger partial charge is 0.398 e. The van der Waals surface area contributed by atoms with Gasteiger partial charge in [0, 0.05) is 34.6 Å². The van der Waals surface area contributed by atoms with Crippen molar-refractivity contribution in [3.8, 4) is 0 Å². The second kappa shape index (κ2) is 4.96. The van der Waals surface area contributed by atoms with Crippen molar-refractivity contribution in [1.29, 1.82) is 0 Å². The molecule has 0 aliphatic rings. The molecule has 2 heterocycles. The van der Waals surface area contributed by atoms with Crippen LogP contribution in [-0.4, -0.2) is 9.97 Å². The van der Waals surface area contributed by atoms with Crippen molar-refractivity contribution in [3.05, 3.63) is 47.6 Å². The lowest BCUT2D eigenvalue weighted by atomic mass is 10.1. The summed E-state index contributed by atoms with van der Waals surface area (Å²) in [5, 5.41) is 3.01. The molecule has 3 rings (SSSR count). The third-order valence-corrected chi connectivity index (χ3v) is 4.66. The number of nitrogens with zero attached hydrogens (tertiary/aromatic N) is 2. The standard InChI is InChI=1S/C13H11N3S2/c14-11-4-3-9(8-18-13-16-6-7-17-13)12-10(11)2-1-5-15-12/h1-7H,8,14H2. The number of pyridine rings is 1. The number of hydrogen-bond donors (Lipinski definition) is 1.